The van der Waals surface area contributed by atoms with E-state index in [-0.39, 0.29) is 18.7 Å². The van der Waals surface area contributed by atoms with Gasteiger partial charge in [-0.2, -0.15) is 0 Å². The lowest BCUT2D eigenvalue weighted by Gasteiger charge is -2.28. The average molecular weight is 309 g/mol. The fourth-order valence-electron chi connectivity index (χ4n) is 2.36. The largest absolute Gasteiger partial charge is 0.344 e. The van der Waals surface area contributed by atoms with Crippen molar-refractivity contribution in [1.29, 1.82) is 0 Å². The molecule has 0 bridgehead atoms. The van der Waals surface area contributed by atoms with Gasteiger partial charge >= 0.3 is 0 Å². The summed E-state index contributed by atoms with van der Waals surface area (Å²) in [6, 6.07) is 9.02. The van der Waals surface area contributed by atoms with E-state index in [1.165, 1.54) is 0 Å². The molecule has 1 aromatic carbocycles. The summed E-state index contributed by atoms with van der Waals surface area (Å²) >= 11 is 0. The third-order valence-electron chi connectivity index (χ3n) is 3.42. The number of benzene rings is 1. The summed E-state index contributed by atoms with van der Waals surface area (Å²) in [4.78, 5) is 23.0. The van der Waals surface area contributed by atoms with E-state index >= 15 is 0 Å². The highest BCUT2D eigenvalue weighted by Gasteiger charge is 2.37. The van der Waals surface area contributed by atoms with Gasteiger partial charge in [0.05, 0.1) is 5.92 Å². The minimum absolute atomic E-state index is 0.00148. The molecule has 0 aliphatic heterocycles. The van der Waals surface area contributed by atoms with Gasteiger partial charge in [-0.15, -0.1) is 0 Å². The first kappa shape index (κ1) is 18.3. The fraction of sp³-hybridized carbons (Fsp3) is 0.562. The van der Waals surface area contributed by atoms with E-state index in [2.05, 4.69) is 0 Å². The summed E-state index contributed by atoms with van der Waals surface area (Å²) in [5, 5.41) is 10.9. The number of ketones is 1. The van der Waals surface area contributed by atoms with Crippen molar-refractivity contribution < 1.29 is 19.2 Å². The molecule has 1 atom stereocenters. The molecule has 0 amide bonds. The SMILES string of the molecule is CCOC(C)(OCC)C(=O)CC(C[N+](=O)[O-])c1ccccc1. The molecule has 122 valence electrons. The Morgan fingerprint density at radius 1 is 1.23 bits per heavy atom. The predicted molar refractivity (Wildman–Crippen MR) is 82.3 cm³/mol. The molecule has 6 heteroatoms. The van der Waals surface area contributed by atoms with Crippen LogP contribution in [0, 0.1) is 10.1 Å². The van der Waals surface area contributed by atoms with Crippen molar-refractivity contribution in [2.24, 2.45) is 0 Å². The van der Waals surface area contributed by atoms with E-state index in [4.69, 9.17) is 9.47 Å². The van der Waals surface area contributed by atoms with Crippen LogP contribution in [-0.2, 0) is 14.3 Å². The zero-order valence-electron chi connectivity index (χ0n) is 13.3. The number of rotatable bonds is 10. The number of hydrogen-bond donors (Lipinski definition) is 0. The normalized spacial score (nSPS) is 12.9. The monoisotopic (exact) mass is 309 g/mol. The number of nitro groups is 1. The van der Waals surface area contributed by atoms with Crippen molar-refractivity contribution in [3.63, 3.8) is 0 Å². The Morgan fingerprint density at radius 2 is 1.77 bits per heavy atom. The summed E-state index contributed by atoms with van der Waals surface area (Å²) in [5.41, 5.74) is 0.767. The molecule has 0 fully saturated rings. The first-order valence-electron chi connectivity index (χ1n) is 7.40. The molecule has 0 saturated heterocycles. The van der Waals surface area contributed by atoms with Crippen molar-refractivity contribution in [3.8, 4) is 0 Å². The van der Waals surface area contributed by atoms with Crippen LogP contribution in [-0.4, -0.2) is 36.3 Å². The Morgan fingerprint density at radius 3 is 2.23 bits per heavy atom. The summed E-state index contributed by atoms with van der Waals surface area (Å²) in [7, 11) is 0. The number of Topliss-reactive ketones (excluding diaryl/α,β-unsaturated/α-hetero) is 1. The highest BCUT2D eigenvalue weighted by Crippen LogP contribution is 2.25. The molecule has 1 rings (SSSR count). The Kier molecular flexibility index (Phi) is 7.14. The molecule has 0 heterocycles. The number of ether oxygens (including phenoxy) is 2. The first-order chi connectivity index (χ1) is 10.4. The lowest BCUT2D eigenvalue weighted by Crippen LogP contribution is -2.42. The average Bonchev–Trinajstić information content (AvgIpc) is 2.47. The maximum absolute atomic E-state index is 12.5. The molecule has 0 aliphatic carbocycles. The van der Waals surface area contributed by atoms with E-state index in [0.717, 1.165) is 5.56 Å². The number of carbonyl (C=O) groups is 1. The van der Waals surface area contributed by atoms with Gasteiger partial charge in [-0.25, -0.2) is 0 Å². The molecular formula is C16H23NO5. The number of carbonyl (C=O) groups excluding carboxylic acids is 1. The zero-order chi connectivity index (χ0) is 16.6. The van der Waals surface area contributed by atoms with Gasteiger partial charge in [0.2, 0.25) is 12.3 Å². The van der Waals surface area contributed by atoms with E-state index in [9.17, 15) is 14.9 Å². The van der Waals surface area contributed by atoms with Crippen LogP contribution in [0.1, 0.15) is 38.7 Å². The first-order valence-corrected chi connectivity index (χ1v) is 7.40. The molecule has 6 nitrogen and oxygen atoms in total. The van der Waals surface area contributed by atoms with Gasteiger partial charge in [0, 0.05) is 24.6 Å². The summed E-state index contributed by atoms with van der Waals surface area (Å²) in [5.74, 6) is -2.14. The lowest BCUT2D eigenvalue weighted by molar-refractivity contribution is -0.483. The van der Waals surface area contributed by atoms with Crippen molar-refractivity contribution in [1.82, 2.24) is 0 Å². The molecule has 0 spiro atoms. The maximum atomic E-state index is 12.5. The minimum atomic E-state index is -1.35. The molecule has 22 heavy (non-hydrogen) atoms. The van der Waals surface area contributed by atoms with E-state index in [1.54, 1.807) is 45.0 Å². The molecule has 0 aromatic heterocycles. The van der Waals surface area contributed by atoms with Crippen LogP contribution in [0.25, 0.3) is 0 Å². The Balaban J connectivity index is 2.92. The van der Waals surface area contributed by atoms with E-state index < -0.39 is 16.6 Å². The van der Waals surface area contributed by atoms with Gasteiger partial charge in [0.25, 0.3) is 0 Å². The van der Waals surface area contributed by atoms with Gasteiger partial charge in [-0.3, -0.25) is 14.9 Å². The van der Waals surface area contributed by atoms with Crippen molar-refractivity contribution in [2.75, 3.05) is 19.8 Å². The minimum Gasteiger partial charge on any atom is -0.344 e. The highest BCUT2D eigenvalue weighted by molar-refractivity contribution is 5.86. The highest BCUT2D eigenvalue weighted by atomic mass is 16.7. The number of nitrogens with zero attached hydrogens (tertiary/aromatic N) is 1. The molecule has 0 radical (unpaired) electrons. The maximum Gasteiger partial charge on any atom is 0.225 e. The summed E-state index contributed by atoms with van der Waals surface area (Å²) < 4.78 is 10.9. The fourth-order valence-corrected chi connectivity index (χ4v) is 2.36. The Labute approximate surface area is 130 Å². The van der Waals surface area contributed by atoms with Crippen LogP contribution in [0.3, 0.4) is 0 Å². The van der Waals surface area contributed by atoms with Crippen LogP contribution in [0.2, 0.25) is 0 Å². The summed E-state index contributed by atoms with van der Waals surface area (Å²) in [6.45, 7) is 5.47. The predicted octanol–water partition coefficient (Wildman–Crippen LogP) is 2.80. The Bertz CT molecular complexity index is 483. The molecule has 1 unspecified atom stereocenters. The second kappa shape index (κ2) is 8.60. The third-order valence-corrected chi connectivity index (χ3v) is 3.42. The molecule has 0 saturated carbocycles. The standard InChI is InChI=1S/C16H23NO5/c1-4-21-16(3,22-5-2)15(18)11-14(12-17(19)20)13-9-7-6-8-10-13/h6-10,14H,4-5,11-12H2,1-3H3. The smallest absolute Gasteiger partial charge is 0.225 e. The van der Waals surface area contributed by atoms with Crippen LogP contribution in [0.5, 0.6) is 0 Å². The summed E-state index contributed by atoms with van der Waals surface area (Å²) in [6.07, 6.45) is 0.00148. The molecule has 1 aromatic rings. The van der Waals surface area contributed by atoms with Crippen molar-refractivity contribution >= 4 is 5.78 Å². The molecular weight excluding hydrogens is 286 g/mol. The molecule has 0 N–H and O–H groups in total. The number of hydrogen-bond acceptors (Lipinski definition) is 5. The van der Waals surface area contributed by atoms with E-state index in [0.29, 0.717) is 13.2 Å². The van der Waals surface area contributed by atoms with Gasteiger partial charge in [-0.05, 0) is 26.3 Å². The quantitative estimate of drug-likeness (QED) is 0.377. The second-order valence-corrected chi connectivity index (χ2v) is 5.06. The van der Waals surface area contributed by atoms with Crippen LogP contribution >= 0.6 is 0 Å². The van der Waals surface area contributed by atoms with Crippen LogP contribution < -0.4 is 0 Å². The van der Waals surface area contributed by atoms with E-state index in [1.807, 2.05) is 6.07 Å². The Hall–Kier alpha value is -1.79. The third kappa shape index (κ3) is 5.20. The van der Waals surface area contributed by atoms with Gasteiger partial charge in [-0.1, -0.05) is 30.3 Å². The topological polar surface area (TPSA) is 78.7 Å². The van der Waals surface area contributed by atoms with Crippen LogP contribution in [0.15, 0.2) is 30.3 Å². The second-order valence-electron chi connectivity index (χ2n) is 5.06. The van der Waals surface area contributed by atoms with Gasteiger partial charge < -0.3 is 9.47 Å². The lowest BCUT2D eigenvalue weighted by atomic mass is 9.91. The van der Waals surface area contributed by atoms with Gasteiger partial charge in [0.15, 0.2) is 5.78 Å². The van der Waals surface area contributed by atoms with Crippen molar-refractivity contribution in [2.45, 2.75) is 38.9 Å². The zero-order valence-corrected chi connectivity index (χ0v) is 13.3. The van der Waals surface area contributed by atoms with Crippen molar-refractivity contribution in [3.05, 3.63) is 46.0 Å². The van der Waals surface area contributed by atoms with Crippen LogP contribution in [0.4, 0.5) is 0 Å². The van der Waals surface area contributed by atoms with Gasteiger partial charge in [0.1, 0.15) is 0 Å². The molecule has 0 aliphatic rings.